The SMILES string of the molecule is CC(C)(C)c1ccc(Nc2cc3c(cc2-c2c4c(c5c6cc(C(C)(C)C)ccc6n6c5c2Bc2cc5c(cc2-6)-c2ccccc2C5(C)C)-c2ccccc2C4(C)C)oc2ccccc23)cc1. The maximum Gasteiger partial charge on any atom is 0.198 e. The van der Waals surface area contributed by atoms with Gasteiger partial charge in [0.15, 0.2) is 7.28 Å². The molecule has 0 saturated heterocycles. The van der Waals surface area contributed by atoms with Crippen molar-refractivity contribution in [3.8, 4) is 39.1 Å². The number of hydrogen-bond donors (Lipinski definition) is 1. The summed E-state index contributed by atoms with van der Waals surface area (Å²) in [7, 11) is 0.806. The molecule has 0 atom stereocenters. The van der Waals surface area contributed by atoms with E-state index in [0.29, 0.717) is 0 Å². The van der Waals surface area contributed by atoms with Gasteiger partial charge in [0.05, 0.1) is 5.52 Å². The van der Waals surface area contributed by atoms with Crippen LogP contribution in [-0.2, 0) is 21.7 Å². The Morgan fingerprint density at radius 1 is 0.530 bits per heavy atom. The van der Waals surface area contributed by atoms with Gasteiger partial charge in [-0.25, -0.2) is 0 Å². The summed E-state index contributed by atoms with van der Waals surface area (Å²) in [5, 5.41) is 8.98. The molecule has 3 nitrogen and oxygen atoms in total. The Kier molecular flexibility index (Phi) is 7.78. The molecule has 0 saturated carbocycles. The first-order valence-electron chi connectivity index (χ1n) is 23.9. The molecule has 0 bridgehead atoms. The van der Waals surface area contributed by atoms with Gasteiger partial charge in [-0.1, -0.05) is 166 Å². The van der Waals surface area contributed by atoms with Crippen LogP contribution in [0.5, 0.6) is 0 Å². The molecule has 66 heavy (non-hydrogen) atoms. The van der Waals surface area contributed by atoms with E-state index < -0.39 is 0 Å². The highest BCUT2D eigenvalue weighted by molar-refractivity contribution is 6.74. The van der Waals surface area contributed by atoms with Crippen LogP contribution in [0.2, 0.25) is 0 Å². The van der Waals surface area contributed by atoms with Gasteiger partial charge in [-0.05, 0) is 126 Å². The van der Waals surface area contributed by atoms with Crippen LogP contribution in [0, 0.1) is 0 Å². The number of anilines is 2. The van der Waals surface area contributed by atoms with Crippen molar-refractivity contribution in [2.24, 2.45) is 0 Å². The Labute approximate surface area is 388 Å². The first-order valence-corrected chi connectivity index (χ1v) is 23.9. The van der Waals surface area contributed by atoms with E-state index in [1.54, 1.807) is 0 Å². The van der Waals surface area contributed by atoms with Gasteiger partial charge >= 0.3 is 0 Å². The predicted octanol–water partition coefficient (Wildman–Crippen LogP) is 15.0. The summed E-state index contributed by atoms with van der Waals surface area (Å²) in [5.41, 5.74) is 26.3. The monoisotopic (exact) mass is 854 g/mol. The Hall–Kier alpha value is -6.78. The fourth-order valence-electron chi connectivity index (χ4n) is 12.4. The number of nitrogens with zero attached hydrogens (tertiary/aromatic N) is 1. The summed E-state index contributed by atoms with van der Waals surface area (Å²) in [6.07, 6.45) is 0. The zero-order chi connectivity index (χ0) is 45.4. The zero-order valence-electron chi connectivity index (χ0n) is 39.8. The van der Waals surface area contributed by atoms with Crippen molar-refractivity contribution in [3.05, 3.63) is 173 Å². The Morgan fingerprint density at radius 2 is 1.20 bits per heavy atom. The lowest BCUT2D eigenvalue weighted by molar-refractivity contribution is 0.590. The second kappa shape index (κ2) is 13.0. The molecule has 0 unspecified atom stereocenters. The molecule has 8 aromatic carbocycles. The molecule has 0 radical (unpaired) electrons. The molecule has 1 aliphatic heterocycles. The van der Waals surface area contributed by atoms with E-state index in [9.17, 15) is 0 Å². The van der Waals surface area contributed by atoms with Crippen molar-refractivity contribution in [1.82, 2.24) is 4.57 Å². The lowest BCUT2D eigenvalue weighted by Crippen LogP contribution is -2.39. The number of furan rings is 1. The minimum absolute atomic E-state index is 0.0203. The third kappa shape index (κ3) is 5.27. The second-order valence-corrected chi connectivity index (χ2v) is 22.6. The second-order valence-electron chi connectivity index (χ2n) is 22.6. The number of rotatable bonds is 3. The molecular weight excluding hydrogens is 800 g/mol. The van der Waals surface area contributed by atoms with Gasteiger partial charge < -0.3 is 14.3 Å². The molecule has 2 aliphatic carbocycles. The van der Waals surface area contributed by atoms with Crippen molar-refractivity contribution in [1.29, 1.82) is 0 Å². The van der Waals surface area contributed by atoms with Gasteiger partial charge in [-0.3, -0.25) is 0 Å². The van der Waals surface area contributed by atoms with Gasteiger partial charge in [0, 0.05) is 60.5 Å². The maximum atomic E-state index is 6.83. The first-order chi connectivity index (χ1) is 31.5. The summed E-state index contributed by atoms with van der Waals surface area (Å²) in [5.74, 6) is 0. The van der Waals surface area contributed by atoms with E-state index in [-0.39, 0.29) is 21.7 Å². The molecule has 322 valence electrons. The Bertz CT molecular complexity index is 3770. The van der Waals surface area contributed by atoms with Crippen LogP contribution in [0.3, 0.4) is 0 Å². The molecular formula is C62H55BN2O. The van der Waals surface area contributed by atoms with E-state index in [2.05, 4.69) is 219 Å². The Morgan fingerprint density at radius 3 is 1.94 bits per heavy atom. The van der Waals surface area contributed by atoms with Crippen LogP contribution < -0.4 is 16.2 Å². The van der Waals surface area contributed by atoms with Crippen molar-refractivity contribution in [2.75, 3.05) is 5.32 Å². The van der Waals surface area contributed by atoms with E-state index >= 15 is 0 Å². The summed E-state index contributed by atoms with van der Waals surface area (Å²) in [6, 6.07) is 53.0. The third-order valence-corrected chi connectivity index (χ3v) is 15.9. The molecule has 13 rings (SSSR count). The highest BCUT2D eigenvalue weighted by Crippen LogP contribution is 2.58. The highest BCUT2D eigenvalue weighted by atomic mass is 16.3. The lowest BCUT2D eigenvalue weighted by Gasteiger charge is -2.31. The number of hydrogen-bond acceptors (Lipinski definition) is 2. The molecule has 0 amide bonds. The largest absolute Gasteiger partial charge is 0.456 e. The predicted molar refractivity (Wildman–Crippen MR) is 282 cm³/mol. The van der Waals surface area contributed by atoms with Gasteiger partial charge in [-0.15, -0.1) is 0 Å². The van der Waals surface area contributed by atoms with Crippen LogP contribution in [-0.4, -0.2) is 11.8 Å². The van der Waals surface area contributed by atoms with Crippen LogP contribution >= 0.6 is 0 Å². The normalized spacial score (nSPS) is 15.2. The van der Waals surface area contributed by atoms with Gasteiger partial charge in [0.1, 0.15) is 11.2 Å². The smallest absolute Gasteiger partial charge is 0.198 e. The number of aromatic nitrogens is 1. The average molecular weight is 855 g/mol. The standard InChI is InChI=1S/C62H55BN2O/c1-59(2,3)34-23-26-36(27-24-34)64-48-30-41-38-18-13-16-22-51(38)66-52(41)32-42(48)55-56-53(39-19-12-15-21-45(39)62(56,9)10)54-43-29-35(60(4,5)6)25-28-49(43)65-50-31-40-37-17-11-14-20-44(37)61(7,8)46(40)33-47(50)63-57(55)58(54)65/h11-33,63-64H,1-10H3. The minimum atomic E-state index is -0.307. The molecule has 0 fully saturated rings. The number of nitrogens with one attached hydrogen (secondary N) is 1. The van der Waals surface area contributed by atoms with E-state index in [1.165, 1.54) is 105 Å². The third-order valence-electron chi connectivity index (χ3n) is 15.9. The van der Waals surface area contributed by atoms with Crippen molar-refractivity contribution in [3.63, 3.8) is 0 Å². The molecule has 3 aliphatic rings. The Balaban J connectivity index is 1.20. The van der Waals surface area contributed by atoms with Crippen molar-refractivity contribution < 1.29 is 4.42 Å². The lowest BCUT2D eigenvalue weighted by atomic mass is 9.56. The molecule has 0 spiro atoms. The summed E-state index contributed by atoms with van der Waals surface area (Å²) >= 11 is 0. The van der Waals surface area contributed by atoms with Crippen LogP contribution in [0.25, 0.3) is 82.8 Å². The maximum absolute atomic E-state index is 6.83. The fourth-order valence-corrected chi connectivity index (χ4v) is 12.4. The van der Waals surface area contributed by atoms with Gasteiger partial charge in [-0.2, -0.15) is 0 Å². The minimum Gasteiger partial charge on any atom is -0.456 e. The summed E-state index contributed by atoms with van der Waals surface area (Å²) in [4.78, 5) is 0. The molecule has 3 heterocycles. The zero-order valence-corrected chi connectivity index (χ0v) is 39.8. The highest BCUT2D eigenvalue weighted by Gasteiger charge is 2.44. The van der Waals surface area contributed by atoms with Crippen LogP contribution in [0.1, 0.15) is 103 Å². The summed E-state index contributed by atoms with van der Waals surface area (Å²) < 4.78 is 9.49. The topological polar surface area (TPSA) is 30.1 Å². The van der Waals surface area contributed by atoms with Crippen molar-refractivity contribution >= 4 is 73.3 Å². The number of fused-ring (bicyclic) bond motifs is 15. The van der Waals surface area contributed by atoms with E-state index in [0.717, 1.165) is 40.6 Å². The number of para-hydroxylation sites is 1. The van der Waals surface area contributed by atoms with Crippen molar-refractivity contribution in [2.45, 2.75) is 90.9 Å². The summed E-state index contributed by atoms with van der Waals surface area (Å²) in [6.45, 7) is 23.6. The van der Waals surface area contributed by atoms with Crippen LogP contribution in [0.4, 0.5) is 11.4 Å². The first kappa shape index (κ1) is 39.6. The molecule has 2 aromatic heterocycles. The van der Waals surface area contributed by atoms with E-state index in [1.807, 2.05) is 0 Å². The number of benzene rings is 8. The molecule has 4 heteroatoms. The quantitative estimate of drug-likeness (QED) is 0.179. The van der Waals surface area contributed by atoms with E-state index in [4.69, 9.17) is 4.42 Å². The fraction of sp³-hybridized carbons (Fsp3) is 0.226. The van der Waals surface area contributed by atoms with Gasteiger partial charge in [0.2, 0.25) is 0 Å². The average Bonchev–Trinajstić information content (AvgIpc) is 3.96. The van der Waals surface area contributed by atoms with Crippen LogP contribution in [0.15, 0.2) is 144 Å². The molecule has 10 aromatic rings. The molecule has 1 N–H and O–H groups in total. The van der Waals surface area contributed by atoms with Gasteiger partial charge in [0.25, 0.3) is 0 Å².